The number of hydrazine groups is 1. The highest BCUT2D eigenvalue weighted by Gasteiger charge is 2.11. The number of carbonyl (C=O) groups is 1. The molecule has 0 unspecified atom stereocenters. The summed E-state index contributed by atoms with van der Waals surface area (Å²) in [7, 11) is 0. The fraction of sp³-hybridized carbons (Fsp3) is 0.0625. The monoisotopic (exact) mass is 347 g/mol. The SMILES string of the molecule is CSc1ccc(-c2ccc(S/C(NN)=C(/N)C(=O)O)cc2)cc1. The van der Waals surface area contributed by atoms with Crippen LogP contribution >= 0.6 is 23.5 Å². The lowest BCUT2D eigenvalue weighted by Gasteiger charge is -2.09. The van der Waals surface area contributed by atoms with Crippen LogP contribution in [0.25, 0.3) is 11.1 Å². The number of nitrogens with one attached hydrogen (secondary N) is 1. The average Bonchev–Trinajstić information content (AvgIpc) is 2.59. The van der Waals surface area contributed by atoms with Crippen LogP contribution in [0.15, 0.2) is 69.0 Å². The fourth-order valence-electron chi connectivity index (χ4n) is 1.88. The van der Waals surface area contributed by atoms with Crippen LogP contribution in [-0.2, 0) is 4.79 Å². The van der Waals surface area contributed by atoms with Gasteiger partial charge in [-0.15, -0.1) is 11.8 Å². The van der Waals surface area contributed by atoms with Gasteiger partial charge in [0.2, 0.25) is 0 Å². The lowest BCUT2D eigenvalue weighted by Crippen LogP contribution is -2.26. The van der Waals surface area contributed by atoms with Gasteiger partial charge in [0.05, 0.1) is 0 Å². The van der Waals surface area contributed by atoms with E-state index in [1.807, 2.05) is 30.5 Å². The smallest absolute Gasteiger partial charge is 0.354 e. The van der Waals surface area contributed by atoms with E-state index in [0.29, 0.717) is 0 Å². The van der Waals surface area contributed by atoms with E-state index < -0.39 is 5.97 Å². The zero-order chi connectivity index (χ0) is 16.8. The highest BCUT2D eigenvalue weighted by Crippen LogP contribution is 2.29. The molecule has 0 aliphatic carbocycles. The van der Waals surface area contributed by atoms with E-state index in [1.165, 1.54) is 16.7 Å². The Labute approximate surface area is 143 Å². The molecule has 0 amide bonds. The Balaban J connectivity index is 2.18. The van der Waals surface area contributed by atoms with Gasteiger partial charge in [0.25, 0.3) is 0 Å². The molecule has 23 heavy (non-hydrogen) atoms. The van der Waals surface area contributed by atoms with Crippen molar-refractivity contribution in [3.8, 4) is 11.1 Å². The maximum absolute atomic E-state index is 10.9. The summed E-state index contributed by atoms with van der Waals surface area (Å²) in [5.41, 5.74) is 9.70. The highest BCUT2D eigenvalue weighted by atomic mass is 32.2. The van der Waals surface area contributed by atoms with E-state index >= 15 is 0 Å². The summed E-state index contributed by atoms with van der Waals surface area (Å²) in [6, 6.07) is 16.0. The zero-order valence-corrected chi connectivity index (χ0v) is 14.1. The summed E-state index contributed by atoms with van der Waals surface area (Å²) in [6.45, 7) is 0. The molecule has 0 spiro atoms. The summed E-state index contributed by atoms with van der Waals surface area (Å²) in [5, 5.41) is 9.11. The van der Waals surface area contributed by atoms with E-state index in [0.717, 1.165) is 16.0 Å². The topological polar surface area (TPSA) is 101 Å². The summed E-state index contributed by atoms with van der Waals surface area (Å²) < 4.78 is 0. The molecule has 0 saturated heterocycles. The fourth-order valence-corrected chi connectivity index (χ4v) is 3.05. The minimum atomic E-state index is -1.21. The van der Waals surface area contributed by atoms with E-state index in [2.05, 4.69) is 29.7 Å². The number of hydrogen-bond donors (Lipinski definition) is 4. The first-order valence-electron chi connectivity index (χ1n) is 6.67. The van der Waals surface area contributed by atoms with Crippen LogP contribution in [0.2, 0.25) is 0 Å². The minimum Gasteiger partial charge on any atom is -0.477 e. The van der Waals surface area contributed by atoms with Gasteiger partial charge in [-0.05, 0) is 41.6 Å². The number of carboxylic acids is 1. The molecule has 2 aromatic rings. The van der Waals surface area contributed by atoms with Crippen molar-refractivity contribution < 1.29 is 9.90 Å². The second-order valence-electron chi connectivity index (χ2n) is 4.55. The number of rotatable bonds is 6. The van der Waals surface area contributed by atoms with Crippen LogP contribution in [0.3, 0.4) is 0 Å². The van der Waals surface area contributed by atoms with Gasteiger partial charge >= 0.3 is 5.97 Å². The normalized spacial score (nSPS) is 11.7. The first-order chi connectivity index (χ1) is 11.0. The third-order valence-corrected chi connectivity index (χ3v) is 4.90. The van der Waals surface area contributed by atoms with Crippen molar-refractivity contribution in [2.45, 2.75) is 9.79 Å². The van der Waals surface area contributed by atoms with Crippen molar-refractivity contribution >= 4 is 29.5 Å². The second-order valence-corrected chi connectivity index (χ2v) is 6.51. The Morgan fingerprint density at radius 3 is 1.87 bits per heavy atom. The Kier molecular flexibility index (Phi) is 5.97. The molecule has 0 aliphatic heterocycles. The Morgan fingerprint density at radius 2 is 1.48 bits per heavy atom. The highest BCUT2D eigenvalue weighted by molar-refractivity contribution is 8.03. The van der Waals surface area contributed by atoms with Crippen molar-refractivity contribution in [1.29, 1.82) is 0 Å². The maximum atomic E-state index is 10.9. The quantitative estimate of drug-likeness (QED) is 0.276. The standard InChI is InChI=1S/C16H17N3O2S2/c1-22-12-6-2-10(3-7-12)11-4-8-13(9-5-11)23-15(19-18)14(17)16(20)21/h2-9,19H,17-18H2,1H3,(H,20,21)/b15-14+. The van der Waals surface area contributed by atoms with Gasteiger partial charge in [0.15, 0.2) is 0 Å². The Bertz CT molecular complexity index is 713. The number of hydrogen-bond acceptors (Lipinski definition) is 6. The summed E-state index contributed by atoms with van der Waals surface area (Å²) in [4.78, 5) is 12.9. The molecule has 5 nitrogen and oxygen atoms in total. The van der Waals surface area contributed by atoms with E-state index in [9.17, 15) is 4.79 Å². The summed E-state index contributed by atoms with van der Waals surface area (Å²) in [5.74, 6) is 4.12. The molecule has 0 bridgehead atoms. The molecule has 0 aromatic heterocycles. The van der Waals surface area contributed by atoms with Crippen LogP contribution in [0, 0.1) is 0 Å². The number of nitrogens with two attached hydrogens (primary N) is 2. The lowest BCUT2D eigenvalue weighted by atomic mass is 10.1. The van der Waals surface area contributed by atoms with Crippen molar-refractivity contribution in [3.63, 3.8) is 0 Å². The molecular weight excluding hydrogens is 330 g/mol. The number of benzene rings is 2. The molecule has 0 heterocycles. The third kappa shape index (κ3) is 4.44. The predicted octanol–water partition coefficient (Wildman–Crippen LogP) is 2.84. The summed E-state index contributed by atoms with van der Waals surface area (Å²) in [6.07, 6.45) is 2.04. The first-order valence-corrected chi connectivity index (χ1v) is 8.71. The molecule has 0 saturated carbocycles. The van der Waals surface area contributed by atoms with Gasteiger partial charge in [0, 0.05) is 9.79 Å². The van der Waals surface area contributed by atoms with Crippen LogP contribution in [0.5, 0.6) is 0 Å². The van der Waals surface area contributed by atoms with Gasteiger partial charge in [-0.3, -0.25) is 0 Å². The number of carboxylic acid groups (broad SMARTS) is 1. The lowest BCUT2D eigenvalue weighted by molar-refractivity contribution is -0.132. The molecule has 6 N–H and O–H groups in total. The maximum Gasteiger partial charge on any atom is 0.354 e. The van der Waals surface area contributed by atoms with Crippen LogP contribution in [0.1, 0.15) is 0 Å². The first kappa shape index (κ1) is 17.3. The molecule has 7 heteroatoms. The van der Waals surface area contributed by atoms with Gasteiger partial charge in [0.1, 0.15) is 10.7 Å². The molecule has 0 atom stereocenters. The van der Waals surface area contributed by atoms with Crippen molar-refractivity contribution in [2.75, 3.05) is 6.26 Å². The third-order valence-electron chi connectivity index (χ3n) is 3.10. The van der Waals surface area contributed by atoms with Gasteiger partial charge < -0.3 is 16.3 Å². The van der Waals surface area contributed by atoms with E-state index in [-0.39, 0.29) is 10.7 Å². The van der Waals surface area contributed by atoms with E-state index in [1.54, 1.807) is 11.8 Å². The van der Waals surface area contributed by atoms with Gasteiger partial charge in [-0.25, -0.2) is 10.6 Å². The molecule has 120 valence electrons. The average molecular weight is 347 g/mol. The Morgan fingerprint density at radius 1 is 1.00 bits per heavy atom. The summed E-state index contributed by atoms with van der Waals surface area (Å²) >= 11 is 2.87. The van der Waals surface area contributed by atoms with Gasteiger partial charge in [-0.1, -0.05) is 36.0 Å². The van der Waals surface area contributed by atoms with Crippen molar-refractivity contribution in [1.82, 2.24) is 5.43 Å². The molecule has 2 rings (SSSR count). The number of thioether (sulfide) groups is 2. The van der Waals surface area contributed by atoms with Gasteiger partial charge in [-0.2, -0.15) is 0 Å². The second kappa shape index (κ2) is 7.96. The zero-order valence-electron chi connectivity index (χ0n) is 12.4. The van der Waals surface area contributed by atoms with E-state index in [4.69, 9.17) is 16.7 Å². The molecule has 0 radical (unpaired) electrons. The van der Waals surface area contributed by atoms with Crippen LogP contribution in [0.4, 0.5) is 0 Å². The predicted molar refractivity (Wildman–Crippen MR) is 95.7 cm³/mol. The number of aliphatic carboxylic acids is 1. The Hall–Kier alpha value is -2.09. The largest absolute Gasteiger partial charge is 0.477 e. The van der Waals surface area contributed by atoms with Crippen LogP contribution < -0.4 is 17.0 Å². The molecule has 0 fully saturated rings. The van der Waals surface area contributed by atoms with Crippen molar-refractivity contribution in [3.05, 3.63) is 59.3 Å². The molecular formula is C16H17N3O2S2. The minimum absolute atomic E-state index is 0.203. The van der Waals surface area contributed by atoms with Crippen molar-refractivity contribution in [2.24, 2.45) is 11.6 Å². The molecule has 0 aliphatic rings. The molecule has 2 aromatic carbocycles. The van der Waals surface area contributed by atoms with Crippen LogP contribution in [-0.4, -0.2) is 17.3 Å².